The van der Waals surface area contributed by atoms with Gasteiger partial charge in [0.2, 0.25) is 0 Å². The molecule has 0 amide bonds. The SMILES string of the molecule is CSc1nc(OC(C)C)nc(-c2ccccc2)c1C#N. The predicted molar refractivity (Wildman–Crippen MR) is 79.7 cm³/mol. The Morgan fingerprint density at radius 1 is 1.20 bits per heavy atom. The number of hydrogen-bond acceptors (Lipinski definition) is 5. The van der Waals surface area contributed by atoms with Crippen molar-refractivity contribution in [3.05, 3.63) is 35.9 Å². The molecule has 0 atom stereocenters. The minimum absolute atomic E-state index is 0.0127. The van der Waals surface area contributed by atoms with E-state index >= 15 is 0 Å². The molecular formula is C15H15N3OS. The molecule has 1 aromatic heterocycles. The van der Waals surface area contributed by atoms with Crippen LogP contribution in [0.1, 0.15) is 19.4 Å². The average Bonchev–Trinajstić information content (AvgIpc) is 2.46. The summed E-state index contributed by atoms with van der Waals surface area (Å²) < 4.78 is 5.57. The summed E-state index contributed by atoms with van der Waals surface area (Å²) in [6.07, 6.45) is 1.87. The molecule has 5 heteroatoms. The number of benzene rings is 1. The van der Waals surface area contributed by atoms with Gasteiger partial charge in [0.25, 0.3) is 0 Å². The van der Waals surface area contributed by atoms with Gasteiger partial charge >= 0.3 is 6.01 Å². The normalized spacial score (nSPS) is 10.3. The van der Waals surface area contributed by atoms with Gasteiger partial charge in [0.1, 0.15) is 16.7 Å². The van der Waals surface area contributed by atoms with Gasteiger partial charge < -0.3 is 4.74 Å². The van der Waals surface area contributed by atoms with E-state index in [0.717, 1.165) is 5.56 Å². The monoisotopic (exact) mass is 285 g/mol. The first-order chi connectivity index (χ1) is 9.65. The Kier molecular flexibility index (Phi) is 4.59. The molecule has 0 saturated heterocycles. The molecule has 2 rings (SSSR count). The first-order valence-electron chi connectivity index (χ1n) is 6.24. The zero-order valence-electron chi connectivity index (χ0n) is 11.6. The molecule has 102 valence electrons. The van der Waals surface area contributed by atoms with Crippen molar-refractivity contribution in [2.45, 2.75) is 25.0 Å². The highest BCUT2D eigenvalue weighted by Crippen LogP contribution is 2.29. The molecule has 20 heavy (non-hydrogen) atoms. The third-order valence-corrected chi connectivity index (χ3v) is 3.23. The highest BCUT2D eigenvalue weighted by molar-refractivity contribution is 7.98. The zero-order valence-corrected chi connectivity index (χ0v) is 12.4. The Morgan fingerprint density at radius 2 is 1.90 bits per heavy atom. The third kappa shape index (κ3) is 3.09. The first-order valence-corrected chi connectivity index (χ1v) is 7.46. The van der Waals surface area contributed by atoms with Gasteiger partial charge in [-0.15, -0.1) is 11.8 Å². The Labute approximate surface area is 122 Å². The van der Waals surface area contributed by atoms with Crippen LogP contribution in [0.3, 0.4) is 0 Å². The average molecular weight is 285 g/mol. The Balaban J connectivity index is 2.61. The fourth-order valence-electron chi connectivity index (χ4n) is 1.74. The number of hydrogen-bond donors (Lipinski definition) is 0. The standard InChI is InChI=1S/C15H15N3OS/c1-10(2)19-15-17-13(11-7-5-4-6-8-11)12(9-16)14(18-15)20-3/h4-8,10H,1-3H3. The molecule has 0 spiro atoms. The summed E-state index contributed by atoms with van der Waals surface area (Å²) in [7, 11) is 0. The Bertz CT molecular complexity index is 636. The largest absolute Gasteiger partial charge is 0.461 e. The van der Waals surface area contributed by atoms with Crippen molar-refractivity contribution in [2.24, 2.45) is 0 Å². The summed E-state index contributed by atoms with van der Waals surface area (Å²) in [5.74, 6) is 0. The number of ether oxygens (including phenoxy) is 1. The molecule has 1 heterocycles. The summed E-state index contributed by atoms with van der Waals surface area (Å²) in [6, 6.07) is 12.1. The van der Waals surface area contributed by atoms with E-state index in [0.29, 0.717) is 22.3 Å². The van der Waals surface area contributed by atoms with Crippen LogP contribution in [0.25, 0.3) is 11.3 Å². The quantitative estimate of drug-likeness (QED) is 0.635. The second-order valence-electron chi connectivity index (χ2n) is 4.38. The summed E-state index contributed by atoms with van der Waals surface area (Å²) >= 11 is 1.42. The first kappa shape index (κ1) is 14.4. The molecule has 4 nitrogen and oxygen atoms in total. The maximum atomic E-state index is 9.38. The summed E-state index contributed by atoms with van der Waals surface area (Å²) in [4.78, 5) is 8.69. The van der Waals surface area contributed by atoms with Crippen molar-refractivity contribution in [3.63, 3.8) is 0 Å². The maximum Gasteiger partial charge on any atom is 0.318 e. The minimum Gasteiger partial charge on any atom is -0.461 e. The van der Waals surface area contributed by atoms with Crippen molar-refractivity contribution in [1.82, 2.24) is 9.97 Å². The summed E-state index contributed by atoms with van der Waals surface area (Å²) in [6.45, 7) is 3.84. The van der Waals surface area contributed by atoms with Gasteiger partial charge in [-0.2, -0.15) is 15.2 Å². The van der Waals surface area contributed by atoms with Gasteiger partial charge in [-0.1, -0.05) is 30.3 Å². The van der Waals surface area contributed by atoms with Crippen LogP contribution in [0.15, 0.2) is 35.4 Å². The van der Waals surface area contributed by atoms with E-state index in [1.807, 2.05) is 50.4 Å². The lowest BCUT2D eigenvalue weighted by atomic mass is 10.1. The molecular weight excluding hydrogens is 270 g/mol. The van der Waals surface area contributed by atoms with E-state index in [-0.39, 0.29) is 6.10 Å². The van der Waals surface area contributed by atoms with Crippen LogP contribution in [0, 0.1) is 11.3 Å². The van der Waals surface area contributed by atoms with Crippen LogP contribution in [-0.2, 0) is 0 Å². The van der Waals surface area contributed by atoms with E-state index in [1.165, 1.54) is 11.8 Å². The van der Waals surface area contributed by atoms with Gasteiger partial charge in [-0.25, -0.2) is 0 Å². The lowest BCUT2D eigenvalue weighted by Gasteiger charge is -2.12. The number of thioether (sulfide) groups is 1. The van der Waals surface area contributed by atoms with E-state index in [4.69, 9.17) is 4.74 Å². The summed E-state index contributed by atoms with van der Waals surface area (Å²) in [5.41, 5.74) is 1.98. The van der Waals surface area contributed by atoms with E-state index < -0.39 is 0 Å². The Morgan fingerprint density at radius 3 is 2.45 bits per heavy atom. The molecule has 2 aromatic rings. The van der Waals surface area contributed by atoms with Crippen LogP contribution in [0.4, 0.5) is 0 Å². The molecule has 0 radical (unpaired) electrons. The van der Waals surface area contributed by atoms with Crippen molar-refractivity contribution < 1.29 is 4.74 Å². The lowest BCUT2D eigenvalue weighted by molar-refractivity contribution is 0.220. The van der Waals surface area contributed by atoms with E-state index in [2.05, 4.69) is 16.0 Å². The van der Waals surface area contributed by atoms with Crippen molar-refractivity contribution in [1.29, 1.82) is 5.26 Å². The highest BCUT2D eigenvalue weighted by atomic mass is 32.2. The topological polar surface area (TPSA) is 58.8 Å². The van der Waals surface area contributed by atoms with Crippen molar-refractivity contribution >= 4 is 11.8 Å². The van der Waals surface area contributed by atoms with Gasteiger partial charge in [0.05, 0.1) is 11.8 Å². The molecule has 0 aliphatic heterocycles. The smallest absolute Gasteiger partial charge is 0.318 e. The van der Waals surface area contributed by atoms with Gasteiger partial charge in [0.15, 0.2) is 0 Å². The molecule has 0 bridgehead atoms. The predicted octanol–water partition coefficient (Wildman–Crippen LogP) is 3.52. The second kappa shape index (κ2) is 6.40. The van der Waals surface area contributed by atoms with Crippen LogP contribution in [-0.4, -0.2) is 22.3 Å². The number of rotatable bonds is 4. The van der Waals surface area contributed by atoms with Gasteiger partial charge in [-0.05, 0) is 20.1 Å². The van der Waals surface area contributed by atoms with Crippen LogP contribution >= 0.6 is 11.8 Å². The minimum atomic E-state index is -0.0127. The highest BCUT2D eigenvalue weighted by Gasteiger charge is 2.16. The maximum absolute atomic E-state index is 9.38. The van der Waals surface area contributed by atoms with Crippen LogP contribution in [0.5, 0.6) is 6.01 Å². The number of nitrogens with zero attached hydrogens (tertiary/aromatic N) is 3. The van der Waals surface area contributed by atoms with Gasteiger partial charge in [0, 0.05) is 5.56 Å². The van der Waals surface area contributed by atoms with Crippen LogP contribution < -0.4 is 4.74 Å². The number of aromatic nitrogens is 2. The molecule has 0 unspecified atom stereocenters. The van der Waals surface area contributed by atoms with E-state index in [9.17, 15) is 5.26 Å². The molecule has 0 N–H and O–H groups in total. The fraction of sp³-hybridized carbons (Fsp3) is 0.267. The molecule has 0 saturated carbocycles. The van der Waals surface area contributed by atoms with Crippen molar-refractivity contribution in [2.75, 3.05) is 6.26 Å². The van der Waals surface area contributed by atoms with Crippen molar-refractivity contribution in [3.8, 4) is 23.3 Å². The lowest BCUT2D eigenvalue weighted by Crippen LogP contribution is -2.10. The second-order valence-corrected chi connectivity index (χ2v) is 5.18. The van der Waals surface area contributed by atoms with Gasteiger partial charge in [-0.3, -0.25) is 0 Å². The molecule has 0 aliphatic rings. The fourth-order valence-corrected chi connectivity index (χ4v) is 2.25. The molecule has 0 fully saturated rings. The Hall–Kier alpha value is -2.06. The zero-order chi connectivity index (χ0) is 14.5. The molecule has 0 aliphatic carbocycles. The van der Waals surface area contributed by atoms with E-state index in [1.54, 1.807) is 0 Å². The number of nitriles is 1. The van der Waals surface area contributed by atoms with Crippen LogP contribution in [0.2, 0.25) is 0 Å². The third-order valence-electron chi connectivity index (χ3n) is 2.55. The molecule has 1 aromatic carbocycles. The summed E-state index contributed by atoms with van der Waals surface area (Å²) in [5, 5.41) is 10.0.